The number of benzene rings is 1. The van der Waals surface area contributed by atoms with Gasteiger partial charge in [-0.2, -0.15) is 0 Å². The van der Waals surface area contributed by atoms with Gasteiger partial charge in [0.15, 0.2) is 5.11 Å². The third-order valence-corrected chi connectivity index (χ3v) is 5.80. The van der Waals surface area contributed by atoms with E-state index in [-0.39, 0.29) is 23.5 Å². The second kappa shape index (κ2) is 5.54. The van der Waals surface area contributed by atoms with E-state index in [4.69, 9.17) is 18.0 Å². The van der Waals surface area contributed by atoms with Gasteiger partial charge in [0.05, 0.1) is 6.04 Å². The fourth-order valence-corrected chi connectivity index (χ4v) is 4.21. The molecule has 5 nitrogen and oxygen atoms in total. The number of hydrogen-bond acceptors (Lipinski definition) is 4. The van der Waals surface area contributed by atoms with Crippen molar-refractivity contribution in [2.24, 2.45) is 5.73 Å². The lowest BCUT2D eigenvalue weighted by atomic mass is 9.72. The summed E-state index contributed by atoms with van der Waals surface area (Å²) in [5.74, 6) is -0.00196. The lowest BCUT2D eigenvalue weighted by Gasteiger charge is -2.40. The normalized spacial score (nSPS) is 29.0. The molecule has 122 valence electrons. The van der Waals surface area contributed by atoms with E-state index < -0.39 is 0 Å². The molecule has 4 N–H and O–H groups in total. The first-order valence-electron chi connectivity index (χ1n) is 8.30. The molecule has 2 unspecified atom stereocenters. The molecule has 0 bridgehead atoms. The van der Waals surface area contributed by atoms with Gasteiger partial charge in [0.1, 0.15) is 6.04 Å². The first-order chi connectivity index (χ1) is 11.1. The van der Waals surface area contributed by atoms with Gasteiger partial charge in [0.2, 0.25) is 5.91 Å². The van der Waals surface area contributed by atoms with Crippen molar-refractivity contribution in [2.45, 2.75) is 49.9 Å². The Morgan fingerprint density at radius 1 is 1.39 bits per heavy atom. The van der Waals surface area contributed by atoms with E-state index in [1.165, 1.54) is 17.5 Å². The number of thiocarbonyl (C=S) groups is 1. The van der Waals surface area contributed by atoms with Gasteiger partial charge in [0, 0.05) is 12.1 Å². The van der Waals surface area contributed by atoms with Gasteiger partial charge in [-0.1, -0.05) is 24.3 Å². The second-order valence-corrected chi connectivity index (χ2v) is 7.31. The molecule has 1 aliphatic carbocycles. The number of rotatable bonds is 3. The molecule has 1 aromatic carbocycles. The Hall–Kier alpha value is -1.50. The molecule has 1 saturated carbocycles. The standard InChI is InChI=1S/C17H22N4OS/c18-17(6-2-7-17)12-4-1-3-11(9-12)10-21-13-5-8-19-14(13)15(22)20-16(21)23/h1,3-4,9,13-14,19H,2,5-8,10,18H2,(H,20,22,23). The first-order valence-corrected chi connectivity index (χ1v) is 8.71. The highest BCUT2D eigenvalue weighted by molar-refractivity contribution is 7.80. The van der Waals surface area contributed by atoms with Crippen LogP contribution < -0.4 is 16.4 Å². The SMILES string of the molecule is NC1(c2cccc(CN3C(=S)NC(=O)C4NCCC43)c2)CCC1. The van der Waals surface area contributed by atoms with Crippen LogP contribution in [0.3, 0.4) is 0 Å². The molecule has 3 aliphatic rings. The summed E-state index contributed by atoms with van der Waals surface area (Å²) in [5, 5.41) is 6.62. The van der Waals surface area contributed by atoms with Gasteiger partial charge in [-0.25, -0.2) is 0 Å². The van der Waals surface area contributed by atoms with E-state index in [0.29, 0.717) is 11.7 Å². The number of amides is 1. The van der Waals surface area contributed by atoms with Crippen LogP contribution in [-0.2, 0) is 16.9 Å². The molecule has 2 atom stereocenters. The summed E-state index contributed by atoms with van der Waals surface area (Å²) >= 11 is 5.41. The summed E-state index contributed by atoms with van der Waals surface area (Å²) in [6.45, 7) is 1.57. The van der Waals surface area contributed by atoms with Crippen LogP contribution in [0.1, 0.15) is 36.8 Å². The number of carbonyl (C=O) groups is 1. The predicted octanol–water partition coefficient (Wildman–Crippen LogP) is 0.972. The highest BCUT2D eigenvalue weighted by Gasteiger charge is 2.42. The summed E-state index contributed by atoms with van der Waals surface area (Å²) < 4.78 is 0. The van der Waals surface area contributed by atoms with E-state index in [9.17, 15) is 4.79 Å². The highest BCUT2D eigenvalue weighted by atomic mass is 32.1. The van der Waals surface area contributed by atoms with E-state index in [1.807, 2.05) is 0 Å². The predicted molar refractivity (Wildman–Crippen MR) is 92.6 cm³/mol. The van der Waals surface area contributed by atoms with Crippen LogP contribution in [0.25, 0.3) is 0 Å². The largest absolute Gasteiger partial charge is 0.339 e. The summed E-state index contributed by atoms with van der Waals surface area (Å²) in [7, 11) is 0. The number of nitrogens with one attached hydrogen (secondary N) is 2. The van der Waals surface area contributed by atoms with Gasteiger partial charge in [0.25, 0.3) is 0 Å². The van der Waals surface area contributed by atoms with Gasteiger partial charge in [-0.3, -0.25) is 4.79 Å². The minimum atomic E-state index is -0.155. The van der Waals surface area contributed by atoms with Crippen molar-refractivity contribution in [3.63, 3.8) is 0 Å². The summed E-state index contributed by atoms with van der Waals surface area (Å²) in [6.07, 6.45) is 4.27. The number of carbonyl (C=O) groups excluding carboxylic acids is 1. The number of nitrogens with zero attached hydrogens (tertiary/aromatic N) is 1. The maximum absolute atomic E-state index is 12.0. The molecule has 3 fully saturated rings. The Bertz CT molecular complexity index is 658. The lowest BCUT2D eigenvalue weighted by Crippen LogP contribution is -2.63. The van der Waals surface area contributed by atoms with Gasteiger partial charge < -0.3 is 21.3 Å². The molecule has 1 aromatic rings. The Kier molecular flexibility index (Phi) is 3.63. The van der Waals surface area contributed by atoms with Crippen molar-refractivity contribution < 1.29 is 4.79 Å². The van der Waals surface area contributed by atoms with Crippen LogP contribution >= 0.6 is 12.2 Å². The molecule has 2 aliphatic heterocycles. The topological polar surface area (TPSA) is 70.4 Å². The molecule has 4 rings (SSSR count). The zero-order valence-electron chi connectivity index (χ0n) is 13.0. The van der Waals surface area contributed by atoms with Crippen LogP contribution in [0.15, 0.2) is 24.3 Å². The fourth-order valence-electron chi connectivity index (χ4n) is 3.91. The first kappa shape index (κ1) is 15.1. The Morgan fingerprint density at radius 2 is 2.22 bits per heavy atom. The zero-order valence-corrected chi connectivity index (χ0v) is 13.9. The average Bonchev–Trinajstić information content (AvgIpc) is 2.99. The lowest BCUT2D eigenvalue weighted by molar-refractivity contribution is -0.123. The maximum Gasteiger partial charge on any atom is 0.245 e. The van der Waals surface area contributed by atoms with E-state index in [2.05, 4.69) is 39.8 Å². The maximum atomic E-state index is 12.0. The van der Waals surface area contributed by atoms with Gasteiger partial charge in [-0.05, 0) is 55.6 Å². The van der Waals surface area contributed by atoms with Crippen molar-refractivity contribution in [2.75, 3.05) is 6.54 Å². The van der Waals surface area contributed by atoms with Crippen LogP contribution in [0.4, 0.5) is 0 Å². The smallest absolute Gasteiger partial charge is 0.245 e. The Balaban J connectivity index is 1.56. The van der Waals surface area contributed by atoms with Crippen LogP contribution in [0.2, 0.25) is 0 Å². The monoisotopic (exact) mass is 330 g/mol. The number of nitrogens with two attached hydrogens (primary N) is 1. The number of fused-ring (bicyclic) bond motifs is 1. The third kappa shape index (κ3) is 2.55. The molecule has 1 amide bonds. The van der Waals surface area contributed by atoms with Crippen molar-refractivity contribution in [1.82, 2.24) is 15.5 Å². The molecule has 6 heteroatoms. The quantitative estimate of drug-likeness (QED) is 0.721. The Labute approximate surface area is 141 Å². The van der Waals surface area contributed by atoms with E-state index >= 15 is 0 Å². The van der Waals surface area contributed by atoms with Crippen molar-refractivity contribution in [1.29, 1.82) is 0 Å². The van der Waals surface area contributed by atoms with Crippen molar-refractivity contribution in [3.8, 4) is 0 Å². The summed E-state index contributed by atoms with van der Waals surface area (Å²) in [4.78, 5) is 14.2. The minimum absolute atomic E-state index is 0.00196. The third-order valence-electron chi connectivity index (χ3n) is 5.46. The molecule has 2 heterocycles. The molecule has 0 radical (unpaired) electrons. The average molecular weight is 330 g/mol. The summed E-state index contributed by atoms with van der Waals surface area (Å²) in [5.41, 5.74) is 8.72. The van der Waals surface area contributed by atoms with E-state index in [1.54, 1.807) is 0 Å². The van der Waals surface area contributed by atoms with E-state index in [0.717, 1.165) is 25.8 Å². The molecule has 0 aromatic heterocycles. The second-order valence-electron chi connectivity index (χ2n) is 6.92. The highest BCUT2D eigenvalue weighted by Crippen LogP contribution is 2.39. The molecular formula is C17H22N4OS. The van der Waals surface area contributed by atoms with Crippen molar-refractivity contribution in [3.05, 3.63) is 35.4 Å². The fraction of sp³-hybridized carbons (Fsp3) is 0.529. The van der Waals surface area contributed by atoms with Crippen molar-refractivity contribution >= 4 is 23.2 Å². The number of hydrogen-bond donors (Lipinski definition) is 3. The molecule has 0 spiro atoms. The van der Waals surface area contributed by atoms with Crippen LogP contribution in [-0.4, -0.2) is 34.5 Å². The van der Waals surface area contributed by atoms with Crippen LogP contribution in [0, 0.1) is 0 Å². The molecular weight excluding hydrogens is 308 g/mol. The van der Waals surface area contributed by atoms with Gasteiger partial charge >= 0.3 is 0 Å². The molecule has 2 saturated heterocycles. The molecule has 23 heavy (non-hydrogen) atoms. The zero-order chi connectivity index (χ0) is 16.0. The van der Waals surface area contributed by atoms with Gasteiger partial charge in [-0.15, -0.1) is 0 Å². The Morgan fingerprint density at radius 3 is 2.96 bits per heavy atom. The van der Waals surface area contributed by atoms with Crippen LogP contribution in [0.5, 0.6) is 0 Å². The summed E-state index contributed by atoms with van der Waals surface area (Å²) in [6, 6.07) is 8.51. The minimum Gasteiger partial charge on any atom is -0.339 e.